The summed E-state index contributed by atoms with van der Waals surface area (Å²) < 4.78 is 5.39. The second-order valence-corrected chi connectivity index (χ2v) is 7.25. The molecule has 1 heterocycles. The lowest BCUT2D eigenvalue weighted by atomic mass is 9.91. The van der Waals surface area contributed by atoms with Crippen LogP contribution in [0.1, 0.15) is 24.2 Å². The fourth-order valence-electron chi connectivity index (χ4n) is 2.60. The molecule has 21 heavy (non-hydrogen) atoms. The van der Waals surface area contributed by atoms with Gasteiger partial charge in [0.05, 0.1) is 18.8 Å². The van der Waals surface area contributed by atoms with Gasteiger partial charge in [-0.25, -0.2) is 0 Å². The fraction of sp³-hybridized carbons (Fsp3) is 0.562. The minimum atomic E-state index is -0.486. The summed E-state index contributed by atoms with van der Waals surface area (Å²) >= 11 is 3.41. The van der Waals surface area contributed by atoms with Crippen LogP contribution in [0.15, 0.2) is 28.0 Å². The van der Waals surface area contributed by atoms with Gasteiger partial charge in [-0.05, 0) is 38.5 Å². The molecule has 1 saturated heterocycles. The van der Waals surface area contributed by atoms with Gasteiger partial charge in [0, 0.05) is 28.4 Å². The van der Waals surface area contributed by atoms with E-state index >= 15 is 0 Å². The van der Waals surface area contributed by atoms with E-state index in [4.69, 9.17) is 4.74 Å². The smallest absolute Gasteiger partial charge is 0.182 e. The minimum absolute atomic E-state index is 0.187. The van der Waals surface area contributed by atoms with Crippen molar-refractivity contribution >= 4 is 29.3 Å². The molecule has 5 heteroatoms. The SMILES string of the molecule is CSc1ccc(C(=O)C(C)(C)N2CCOCC2)cc1SC. The molecular weight excluding hydrogens is 302 g/mol. The molecule has 0 bridgehead atoms. The number of carbonyl (C=O) groups is 1. The summed E-state index contributed by atoms with van der Waals surface area (Å²) in [6.07, 6.45) is 4.12. The van der Waals surface area contributed by atoms with Gasteiger partial charge in [-0.2, -0.15) is 0 Å². The summed E-state index contributed by atoms with van der Waals surface area (Å²) in [5, 5.41) is 0. The Hall–Kier alpha value is -0.490. The van der Waals surface area contributed by atoms with Crippen molar-refractivity contribution in [3.05, 3.63) is 23.8 Å². The van der Waals surface area contributed by atoms with Crippen molar-refractivity contribution in [2.45, 2.75) is 29.2 Å². The predicted molar refractivity (Wildman–Crippen MR) is 90.8 cm³/mol. The van der Waals surface area contributed by atoms with Crippen molar-refractivity contribution in [3.8, 4) is 0 Å². The first-order valence-corrected chi connectivity index (χ1v) is 9.55. The van der Waals surface area contributed by atoms with Crippen LogP contribution in [0.5, 0.6) is 0 Å². The molecule has 0 aliphatic carbocycles. The Bertz CT molecular complexity index is 511. The number of benzene rings is 1. The Morgan fingerprint density at radius 2 is 1.76 bits per heavy atom. The summed E-state index contributed by atoms with van der Waals surface area (Å²) in [7, 11) is 0. The van der Waals surface area contributed by atoms with Crippen LogP contribution >= 0.6 is 23.5 Å². The van der Waals surface area contributed by atoms with Crippen molar-refractivity contribution < 1.29 is 9.53 Å². The van der Waals surface area contributed by atoms with Gasteiger partial charge in [0.2, 0.25) is 0 Å². The van der Waals surface area contributed by atoms with E-state index in [0.29, 0.717) is 13.2 Å². The van der Waals surface area contributed by atoms with E-state index in [1.807, 2.05) is 26.0 Å². The van der Waals surface area contributed by atoms with E-state index in [9.17, 15) is 4.79 Å². The number of hydrogen-bond acceptors (Lipinski definition) is 5. The van der Waals surface area contributed by atoms with Crippen molar-refractivity contribution in [2.75, 3.05) is 38.8 Å². The van der Waals surface area contributed by atoms with Gasteiger partial charge in [-0.1, -0.05) is 6.07 Å². The van der Waals surface area contributed by atoms with Crippen molar-refractivity contribution in [1.82, 2.24) is 4.90 Å². The number of hydrogen-bond donors (Lipinski definition) is 0. The van der Waals surface area contributed by atoms with Crippen LogP contribution in [-0.4, -0.2) is 55.0 Å². The number of rotatable bonds is 5. The molecule has 1 aromatic carbocycles. The van der Waals surface area contributed by atoms with Crippen LogP contribution < -0.4 is 0 Å². The first kappa shape index (κ1) is 16.9. The van der Waals surface area contributed by atoms with Crippen LogP contribution in [0.4, 0.5) is 0 Å². The summed E-state index contributed by atoms with van der Waals surface area (Å²) in [6, 6.07) is 6.04. The van der Waals surface area contributed by atoms with Gasteiger partial charge in [0.25, 0.3) is 0 Å². The lowest BCUT2D eigenvalue weighted by Gasteiger charge is -2.39. The summed E-state index contributed by atoms with van der Waals surface area (Å²) in [6.45, 7) is 7.08. The maximum absolute atomic E-state index is 12.9. The Kier molecular flexibility index (Phi) is 5.77. The number of nitrogens with zero attached hydrogens (tertiary/aromatic N) is 1. The van der Waals surface area contributed by atoms with Gasteiger partial charge in [0.1, 0.15) is 0 Å². The third-order valence-corrected chi connectivity index (χ3v) is 5.71. The molecule has 1 aliphatic heterocycles. The molecule has 0 radical (unpaired) electrons. The van der Waals surface area contributed by atoms with Crippen molar-refractivity contribution in [3.63, 3.8) is 0 Å². The molecule has 0 N–H and O–H groups in total. The molecule has 0 amide bonds. The standard InChI is InChI=1S/C16H23NO2S2/c1-16(2,17-7-9-19-10-8-17)15(18)12-5-6-13(20-3)14(11-12)21-4/h5-6,11H,7-10H2,1-4H3. The summed E-state index contributed by atoms with van der Waals surface area (Å²) in [5.74, 6) is 0.187. The van der Waals surface area contributed by atoms with E-state index in [2.05, 4.69) is 23.5 Å². The number of morpholine rings is 1. The highest BCUT2D eigenvalue weighted by Gasteiger charge is 2.36. The highest BCUT2D eigenvalue weighted by molar-refractivity contribution is 8.01. The fourth-order valence-corrected chi connectivity index (χ4v) is 4.07. The average Bonchev–Trinajstić information content (AvgIpc) is 2.54. The number of carbonyl (C=O) groups excluding carboxylic acids is 1. The maximum Gasteiger partial charge on any atom is 0.182 e. The highest BCUT2D eigenvalue weighted by atomic mass is 32.2. The minimum Gasteiger partial charge on any atom is -0.379 e. The second kappa shape index (κ2) is 7.18. The third-order valence-electron chi connectivity index (χ3n) is 4.00. The number of Topliss-reactive ketones (excluding diaryl/α,β-unsaturated/α-hetero) is 1. The zero-order valence-electron chi connectivity index (χ0n) is 13.1. The van der Waals surface area contributed by atoms with Crippen LogP contribution in [0, 0.1) is 0 Å². The monoisotopic (exact) mass is 325 g/mol. The summed E-state index contributed by atoms with van der Waals surface area (Å²) in [4.78, 5) is 17.6. The molecule has 1 aromatic rings. The Morgan fingerprint density at radius 1 is 1.14 bits per heavy atom. The van der Waals surface area contributed by atoms with Gasteiger partial charge in [-0.3, -0.25) is 9.69 Å². The highest BCUT2D eigenvalue weighted by Crippen LogP contribution is 2.31. The second-order valence-electron chi connectivity index (χ2n) is 5.56. The number of ketones is 1. The average molecular weight is 325 g/mol. The van der Waals surface area contributed by atoms with Crippen LogP contribution in [0.2, 0.25) is 0 Å². The molecule has 3 nitrogen and oxygen atoms in total. The number of thioether (sulfide) groups is 2. The predicted octanol–water partition coefficient (Wildman–Crippen LogP) is 3.42. The molecule has 2 rings (SSSR count). The summed E-state index contributed by atoms with van der Waals surface area (Å²) in [5.41, 5.74) is 0.314. The van der Waals surface area contributed by atoms with E-state index < -0.39 is 5.54 Å². The lowest BCUT2D eigenvalue weighted by molar-refractivity contribution is -0.00430. The van der Waals surface area contributed by atoms with Gasteiger partial charge in [-0.15, -0.1) is 23.5 Å². The topological polar surface area (TPSA) is 29.5 Å². The zero-order valence-corrected chi connectivity index (χ0v) is 14.8. The molecule has 1 aliphatic rings. The van der Waals surface area contributed by atoms with Gasteiger partial charge < -0.3 is 4.74 Å². The Labute approximate surface area is 135 Å². The first-order chi connectivity index (χ1) is 10.0. The Morgan fingerprint density at radius 3 is 2.33 bits per heavy atom. The van der Waals surface area contributed by atoms with Crippen molar-refractivity contribution in [2.24, 2.45) is 0 Å². The van der Waals surface area contributed by atoms with E-state index in [-0.39, 0.29) is 5.78 Å². The molecule has 0 aromatic heterocycles. The number of ether oxygens (including phenoxy) is 1. The quantitative estimate of drug-likeness (QED) is 0.611. The van der Waals surface area contributed by atoms with E-state index in [1.165, 1.54) is 9.79 Å². The first-order valence-electron chi connectivity index (χ1n) is 7.10. The molecule has 0 spiro atoms. The van der Waals surface area contributed by atoms with Crippen LogP contribution in [-0.2, 0) is 4.74 Å². The molecule has 0 atom stereocenters. The molecule has 0 saturated carbocycles. The van der Waals surface area contributed by atoms with Gasteiger partial charge in [0.15, 0.2) is 5.78 Å². The molecule has 116 valence electrons. The largest absolute Gasteiger partial charge is 0.379 e. The van der Waals surface area contributed by atoms with Crippen LogP contribution in [0.25, 0.3) is 0 Å². The van der Waals surface area contributed by atoms with Crippen LogP contribution in [0.3, 0.4) is 0 Å². The zero-order chi connectivity index (χ0) is 15.5. The van der Waals surface area contributed by atoms with Gasteiger partial charge >= 0.3 is 0 Å². The molecule has 0 unspecified atom stereocenters. The normalized spacial score (nSPS) is 17.0. The van der Waals surface area contributed by atoms with Crippen molar-refractivity contribution in [1.29, 1.82) is 0 Å². The Balaban J connectivity index is 2.25. The lowest BCUT2D eigenvalue weighted by Crippen LogP contribution is -2.54. The molecular formula is C16H23NO2S2. The van der Waals surface area contributed by atoms with E-state index in [1.54, 1.807) is 23.5 Å². The maximum atomic E-state index is 12.9. The third kappa shape index (κ3) is 3.65. The molecule has 1 fully saturated rings. The van der Waals surface area contributed by atoms with E-state index in [0.717, 1.165) is 18.7 Å².